The van der Waals surface area contributed by atoms with Gasteiger partial charge in [-0.05, 0) is 31.4 Å². The van der Waals surface area contributed by atoms with Crippen molar-refractivity contribution in [3.8, 4) is 0 Å². The second-order valence-electron chi connectivity index (χ2n) is 4.72. The molecule has 2 amide bonds. The van der Waals surface area contributed by atoms with Gasteiger partial charge in [0.1, 0.15) is 0 Å². The van der Waals surface area contributed by atoms with E-state index in [1.165, 1.54) is 4.90 Å². The van der Waals surface area contributed by atoms with Crippen LogP contribution in [-0.4, -0.2) is 46.5 Å². The van der Waals surface area contributed by atoms with Crippen molar-refractivity contribution in [3.63, 3.8) is 0 Å². The van der Waals surface area contributed by atoms with Gasteiger partial charge in [-0.15, -0.1) is 0 Å². The van der Waals surface area contributed by atoms with E-state index >= 15 is 0 Å². The summed E-state index contributed by atoms with van der Waals surface area (Å²) in [5.74, 6) is 1.99. The Morgan fingerprint density at radius 2 is 1.82 bits per heavy atom. The molecule has 2 unspecified atom stereocenters. The fourth-order valence-electron chi connectivity index (χ4n) is 2.62. The van der Waals surface area contributed by atoms with Crippen LogP contribution < -0.4 is 0 Å². The summed E-state index contributed by atoms with van der Waals surface area (Å²) in [4.78, 5) is 25.4. The van der Waals surface area contributed by atoms with Gasteiger partial charge in [0.05, 0.1) is 0 Å². The number of carbonyl (C=O) groups is 2. The molecule has 1 saturated heterocycles. The third-order valence-corrected chi connectivity index (χ3v) is 4.62. The molecule has 1 saturated carbocycles. The smallest absolute Gasteiger partial charge is 0.232 e. The van der Waals surface area contributed by atoms with E-state index in [4.69, 9.17) is 5.11 Å². The van der Waals surface area contributed by atoms with E-state index < -0.39 is 0 Å². The second-order valence-corrected chi connectivity index (χ2v) is 5.95. The van der Waals surface area contributed by atoms with Crippen molar-refractivity contribution in [2.75, 3.05) is 24.7 Å². The Bertz CT molecular complexity index is 286. The van der Waals surface area contributed by atoms with Crippen LogP contribution in [0.15, 0.2) is 0 Å². The van der Waals surface area contributed by atoms with Crippen molar-refractivity contribution in [2.24, 2.45) is 11.8 Å². The lowest BCUT2D eigenvalue weighted by Gasteiger charge is -2.29. The molecule has 4 nitrogen and oxygen atoms in total. The van der Waals surface area contributed by atoms with Gasteiger partial charge < -0.3 is 5.11 Å². The fourth-order valence-corrected chi connectivity index (χ4v) is 3.47. The Morgan fingerprint density at radius 1 is 1.18 bits per heavy atom. The number of thioether (sulfide) groups is 1. The lowest BCUT2D eigenvalue weighted by atomic mass is 9.97. The number of likely N-dealkylation sites (tertiary alicyclic amines) is 1. The van der Waals surface area contributed by atoms with Gasteiger partial charge >= 0.3 is 0 Å². The number of hydrogen-bond donors (Lipinski definition) is 1. The van der Waals surface area contributed by atoms with Gasteiger partial charge in [-0.2, -0.15) is 11.8 Å². The molecule has 1 heterocycles. The summed E-state index contributed by atoms with van der Waals surface area (Å²) in [6, 6.07) is 0. The zero-order chi connectivity index (χ0) is 12.3. The van der Waals surface area contributed by atoms with Crippen LogP contribution in [0.4, 0.5) is 0 Å². The average molecular weight is 257 g/mol. The highest BCUT2D eigenvalue weighted by molar-refractivity contribution is 7.99. The van der Waals surface area contributed by atoms with Gasteiger partial charge in [-0.3, -0.25) is 14.5 Å². The molecule has 2 aliphatic rings. The average Bonchev–Trinajstić information content (AvgIpc) is 2.77. The van der Waals surface area contributed by atoms with Crippen LogP contribution in [0, 0.1) is 11.8 Å². The predicted octanol–water partition coefficient (Wildman–Crippen LogP) is 0.887. The van der Waals surface area contributed by atoms with E-state index in [9.17, 15) is 9.59 Å². The maximum atomic E-state index is 12.0. The van der Waals surface area contributed by atoms with Gasteiger partial charge in [0.15, 0.2) is 0 Å². The molecule has 0 radical (unpaired) electrons. The highest BCUT2D eigenvalue weighted by atomic mass is 32.2. The van der Waals surface area contributed by atoms with Crippen LogP contribution in [0.3, 0.4) is 0 Å². The minimum Gasteiger partial charge on any atom is -0.396 e. The Morgan fingerprint density at radius 3 is 2.41 bits per heavy atom. The minimum absolute atomic E-state index is 0.0477. The van der Waals surface area contributed by atoms with Crippen LogP contribution in [0.1, 0.15) is 25.7 Å². The monoisotopic (exact) mass is 257 g/mol. The Labute approximate surface area is 106 Å². The first kappa shape index (κ1) is 12.9. The summed E-state index contributed by atoms with van der Waals surface area (Å²) in [6.45, 7) is 0.749. The number of aliphatic hydroxyl groups is 1. The van der Waals surface area contributed by atoms with Gasteiger partial charge in [0.25, 0.3) is 0 Å². The van der Waals surface area contributed by atoms with E-state index in [0.717, 1.165) is 37.2 Å². The van der Waals surface area contributed by atoms with Gasteiger partial charge in [-0.1, -0.05) is 0 Å². The number of imide groups is 1. The summed E-state index contributed by atoms with van der Waals surface area (Å²) in [6.07, 6.45) is 3.34. The summed E-state index contributed by atoms with van der Waals surface area (Å²) in [7, 11) is 0. The van der Waals surface area contributed by atoms with Crippen LogP contribution in [0.2, 0.25) is 0 Å². The van der Waals surface area contributed by atoms with Crippen molar-refractivity contribution in [1.82, 2.24) is 4.90 Å². The quantitative estimate of drug-likeness (QED) is 0.567. The molecule has 0 aromatic heterocycles. The maximum Gasteiger partial charge on any atom is 0.232 e. The lowest BCUT2D eigenvalue weighted by Crippen LogP contribution is -2.47. The Balaban J connectivity index is 1.79. The molecule has 2 atom stereocenters. The molecular weight excluding hydrogens is 238 g/mol. The highest BCUT2D eigenvalue weighted by Crippen LogP contribution is 2.38. The number of nitrogens with zero attached hydrogens (tertiary/aromatic N) is 1. The molecule has 17 heavy (non-hydrogen) atoms. The first-order valence-corrected chi connectivity index (χ1v) is 7.43. The van der Waals surface area contributed by atoms with Crippen molar-refractivity contribution >= 4 is 23.6 Å². The molecule has 0 spiro atoms. The van der Waals surface area contributed by atoms with Crippen molar-refractivity contribution in [2.45, 2.75) is 25.7 Å². The SMILES string of the molecule is O=C1C2CCC(C2)C(=O)N1CCSCCCO. The standard InChI is InChI=1S/C12H19NO3S/c14-5-1-6-17-7-4-13-11(15)9-2-3-10(8-9)12(13)16/h9-10,14H,1-8H2. The maximum absolute atomic E-state index is 12.0. The summed E-state index contributed by atoms with van der Waals surface area (Å²) >= 11 is 1.69. The molecule has 2 fully saturated rings. The van der Waals surface area contributed by atoms with Crippen LogP contribution in [0.5, 0.6) is 0 Å². The van der Waals surface area contributed by atoms with Crippen LogP contribution >= 0.6 is 11.8 Å². The molecule has 1 aliphatic heterocycles. The van der Waals surface area contributed by atoms with Gasteiger partial charge in [-0.25, -0.2) is 0 Å². The van der Waals surface area contributed by atoms with Crippen LogP contribution in [-0.2, 0) is 9.59 Å². The number of aliphatic hydroxyl groups excluding tert-OH is 1. The molecule has 96 valence electrons. The summed E-state index contributed by atoms with van der Waals surface area (Å²) in [5, 5.41) is 8.64. The van der Waals surface area contributed by atoms with E-state index in [1.807, 2.05) is 0 Å². The van der Waals surface area contributed by atoms with Gasteiger partial charge in [0, 0.05) is 30.7 Å². The number of rotatable bonds is 6. The number of hydrogen-bond acceptors (Lipinski definition) is 4. The molecule has 2 bridgehead atoms. The molecule has 1 aliphatic carbocycles. The van der Waals surface area contributed by atoms with E-state index in [2.05, 4.69) is 0 Å². The zero-order valence-electron chi connectivity index (χ0n) is 9.93. The number of fused-ring (bicyclic) bond motifs is 2. The third kappa shape index (κ3) is 2.83. The summed E-state index contributed by atoms with van der Waals surface area (Å²) < 4.78 is 0. The van der Waals surface area contributed by atoms with Gasteiger partial charge in [0.2, 0.25) is 11.8 Å². The molecule has 2 rings (SSSR count). The van der Waals surface area contributed by atoms with Crippen LogP contribution in [0.25, 0.3) is 0 Å². The number of piperidine rings is 1. The topological polar surface area (TPSA) is 57.6 Å². The fraction of sp³-hybridized carbons (Fsp3) is 0.833. The molecule has 0 aromatic carbocycles. The van der Waals surface area contributed by atoms with Crippen molar-refractivity contribution < 1.29 is 14.7 Å². The van der Waals surface area contributed by atoms with E-state index in [0.29, 0.717) is 6.54 Å². The Hall–Kier alpha value is -0.550. The minimum atomic E-state index is 0.0477. The lowest BCUT2D eigenvalue weighted by molar-refractivity contribution is -0.152. The molecule has 5 heteroatoms. The number of amides is 2. The first-order valence-electron chi connectivity index (χ1n) is 6.28. The molecule has 1 N–H and O–H groups in total. The third-order valence-electron chi connectivity index (χ3n) is 3.57. The number of carbonyl (C=O) groups excluding carboxylic acids is 2. The van der Waals surface area contributed by atoms with Crippen molar-refractivity contribution in [1.29, 1.82) is 0 Å². The van der Waals surface area contributed by atoms with Crippen molar-refractivity contribution in [3.05, 3.63) is 0 Å². The van der Waals surface area contributed by atoms with E-state index in [1.54, 1.807) is 11.8 Å². The normalized spacial score (nSPS) is 27.9. The first-order chi connectivity index (χ1) is 8.24. The zero-order valence-corrected chi connectivity index (χ0v) is 10.7. The largest absolute Gasteiger partial charge is 0.396 e. The Kier molecular flexibility index (Phi) is 4.45. The molecule has 0 aromatic rings. The second kappa shape index (κ2) is 5.87. The summed E-state index contributed by atoms with van der Waals surface area (Å²) in [5.41, 5.74) is 0. The van der Waals surface area contributed by atoms with E-state index in [-0.39, 0.29) is 30.3 Å². The highest BCUT2D eigenvalue weighted by Gasteiger charge is 2.44. The predicted molar refractivity (Wildman–Crippen MR) is 66.6 cm³/mol. The molecular formula is C12H19NO3S.